The molecule has 0 spiro atoms. The maximum atomic E-state index is 11.0. The van der Waals surface area contributed by atoms with Crippen molar-refractivity contribution in [3.8, 4) is 0 Å². The van der Waals surface area contributed by atoms with Gasteiger partial charge < -0.3 is 10.4 Å². The molecule has 3 nitrogen and oxygen atoms in total. The number of anilines is 1. The molecule has 2 N–H and O–H groups in total. The summed E-state index contributed by atoms with van der Waals surface area (Å²) in [6.07, 6.45) is 0. The van der Waals surface area contributed by atoms with Crippen LogP contribution >= 0.6 is 31.9 Å². The molecule has 16 heavy (non-hydrogen) atoms. The summed E-state index contributed by atoms with van der Waals surface area (Å²) in [6.45, 7) is 3.75. The van der Waals surface area contributed by atoms with Gasteiger partial charge in [-0.1, -0.05) is 13.8 Å². The van der Waals surface area contributed by atoms with Gasteiger partial charge in [0.15, 0.2) is 0 Å². The van der Waals surface area contributed by atoms with Crippen LogP contribution in [-0.2, 0) is 4.79 Å². The van der Waals surface area contributed by atoms with E-state index in [4.69, 9.17) is 5.11 Å². The predicted molar refractivity (Wildman–Crippen MR) is 71.7 cm³/mol. The van der Waals surface area contributed by atoms with E-state index in [1.165, 1.54) is 0 Å². The Labute approximate surface area is 111 Å². The van der Waals surface area contributed by atoms with Crippen LogP contribution in [0.5, 0.6) is 0 Å². The first kappa shape index (κ1) is 13.5. The highest BCUT2D eigenvalue weighted by molar-refractivity contribution is 9.13. The van der Waals surface area contributed by atoms with Gasteiger partial charge in [-0.15, -0.1) is 0 Å². The minimum absolute atomic E-state index is 0.0277. The Kier molecular flexibility index (Phi) is 4.80. The molecule has 0 fully saturated rings. The van der Waals surface area contributed by atoms with Crippen molar-refractivity contribution in [2.75, 3.05) is 5.32 Å². The molecule has 0 saturated carbocycles. The van der Waals surface area contributed by atoms with E-state index in [2.05, 4.69) is 37.2 Å². The van der Waals surface area contributed by atoms with E-state index in [1.54, 1.807) is 0 Å². The number of halogens is 2. The van der Waals surface area contributed by atoms with Gasteiger partial charge in [-0.05, 0) is 56.0 Å². The highest BCUT2D eigenvalue weighted by Gasteiger charge is 2.20. The fourth-order valence-corrected chi connectivity index (χ4v) is 1.90. The zero-order chi connectivity index (χ0) is 12.3. The maximum absolute atomic E-state index is 11.0. The number of hydrogen-bond donors (Lipinski definition) is 2. The van der Waals surface area contributed by atoms with Crippen LogP contribution in [-0.4, -0.2) is 17.1 Å². The minimum Gasteiger partial charge on any atom is -0.480 e. The monoisotopic (exact) mass is 349 g/mol. The number of benzene rings is 1. The Morgan fingerprint density at radius 2 is 1.94 bits per heavy atom. The molecular weight excluding hydrogens is 338 g/mol. The Bertz CT molecular complexity index is 394. The van der Waals surface area contributed by atoms with Crippen molar-refractivity contribution in [1.29, 1.82) is 0 Å². The molecule has 1 aromatic rings. The summed E-state index contributed by atoms with van der Waals surface area (Å²) in [4.78, 5) is 11.0. The van der Waals surface area contributed by atoms with E-state index < -0.39 is 12.0 Å². The van der Waals surface area contributed by atoms with Gasteiger partial charge >= 0.3 is 5.97 Å². The molecule has 0 aliphatic rings. The fourth-order valence-electron chi connectivity index (χ4n) is 1.28. The highest BCUT2D eigenvalue weighted by Crippen LogP contribution is 2.26. The van der Waals surface area contributed by atoms with Crippen molar-refractivity contribution < 1.29 is 9.90 Å². The molecule has 1 rings (SSSR count). The lowest BCUT2D eigenvalue weighted by Crippen LogP contribution is -2.34. The van der Waals surface area contributed by atoms with E-state index in [0.29, 0.717) is 0 Å². The summed E-state index contributed by atoms with van der Waals surface area (Å²) in [5, 5.41) is 12.0. The summed E-state index contributed by atoms with van der Waals surface area (Å²) >= 11 is 6.74. The van der Waals surface area contributed by atoms with Crippen LogP contribution in [0.1, 0.15) is 13.8 Å². The second kappa shape index (κ2) is 5.68. The maximum Gasteiger partial charge on any atom is 0.326 e. The Morgan fingerprint density at radius 3 is 2.38 bits per heavy atom. The number of aliphatic carboxylic acids is 1. The summed E-state index contributed by atoms with van der Waals surface area (Å²) < 4.78 is 1.83. The normalized spacial score (nSPS) is 12.6. The summed E-state index contributed by atoms with van der Waals surface area (Å²) in [6, 6.07) is 4.98. The summed E-state index contributed by atoms with van der Waals surface area (Å²) in [5.41, 5.74) is 0.788. The van der Waals surface area contributed by atoms with Crippen LogP contribution in [0.3, 0.4) is 0 Å². The third kappa shape index (κ3) is 3.49. The second-order valence-corrected chi connectivity index (χ2v) is 5.54. The van der Waals surface area contributed by atoms with Crippen LogP contribution in [0.15, 0.2) is 27.1 Å². The van der Waals surface area contributed by atoms with Crippen LogP contribution < -0.4 is 5.32 Å². The number of rotatable bonds is 4. The van der Waals surface area contributed by atoms with E-state index in [-0.39, 0.29) is 5.92 Å². The lowest BCUT2D eigenvalue weighted by atomic mass is 10.0. The first-order chi connectivity index (χ1) is 7.41. The second-order valence-electron chi connectivity index (χ2n) is 3.83. The smallest absolute Gasteiger partial charge is 0.326 e. The number of nitrogens with one attached hydrogen (secondary N) is 1. The van der Waals surface area contributed by atoms with Gasteiger partial charge in [0.1, 0.15) is 6.04 Å². The van der Waals surface area contributed by atoms with Gasteiger partial charge in [-0.3, -0.25) is 0 Å². The number of carbonyl (C=O) groups is 1. The topological polar surface area (TPSA) is 49.3 Å². The molecule has 88 valence electrons. The molecule has 0 amide bonds. The summed E-state index contributed by atoms with van der Waals surface area (Å²) in [5.74, 6) is -0.811. The third-order valence-electron chi connectivity index (χ3n) is 2.17. The van der Waals surface area contributed by atoms with Gasteiger partial charge in [-0.2, -0.15) is 0 Å². The minimum atomic E-state index is -0.839. The van der Waals surface area contributed by atoms with Gasteiger partial charge in [0.25, 0.3) is 0 Å². The zero-order valence-electron chi connectivity index (χ0n) is 9.00. The standard InChI is InChI=1S/C11H13Br2NO2/c1-6(2)10(11(15)16)14-7-3-4-8(12)9(13)5-7/h3-6,10,14H,1-2H3,(H,15,16)/t10-/m0/s1. The van der Waals surface area contributed by atoms with Crippen molar-refractivity contribution >= 4 is 43.5 Å². The molecular formula is C11H13Br2NO2. The molecule has 5 heteroatoms. The molecule has 1 aromatic carbocycles. The molecule has 1 atom stereocenters. The molecule has 0 saturated heterocycles. The molecule has 0 unspecified atom stereocenters. The predicted octanol–water partition coefficient (Wildman–Crippen LogP) is 3.73. The number of hydrogen-bond acceptors (Lipinski definition) is 2. The van der Waals surface area contributed by atoms with Crippen molar-refractivity contribution in [3.63, 3.8) is 0 Å². The SMILES string of the molecule is CC(C)[C@H](Nc1ccc(Br)c(Br)c1)C(=O)O. The largest absolute Gasteiger partial charge is 0.480 e. The molecule has 0 aliphatic carbocycles. The van der Waals surface area contributed by atoms with E-state index in [1.807, 2.05) is 32.0 Å². The first-order valence-corrected chi connectivity index (χ1v) is 6.45. The van der Waals surface area contributed by atoms with Crippen molar-refractivity contribution in [2.24, 2.45) is 5.92 Å². The van der Waals surface area contributed by atoms with Gasteiger partial charge in [-0.25, -0.2) is 4.79 Å². The summed E-state index contributed by atoms with van der Waals surface area (Å²) in [7, 11) is 0. The van der Waals surface area contributed by atoms with Crippen LogP contribution in [0, 0.1) is 5.92 Å². The lowest BCUT2D eigenvalue weighted by Gasteiger charge is -2.19. The zero-order valence-corrected chi connectivity index (χ0v) is 12.2. The van der Waals surface area contributed by atoms with E-state index in [0.717, 1.165) is 14.6 Å². The van der Waals surface area contributed by atoms with Gasteiger partial charge in [0.2, 0.25) is 0 Å². The average molecular weight is 351 g/mol. The van der Waals surface area contributed by atoms with Crippen LogP contribution in [0.4, 0.5) is 5.69 Å². The molecule has 0 aromatic heterocycles. The first-order valence-electron chi connectivity index (χ1n) is 4.86. The van der Waals surface area contributed by atoms with E-state index in [9.17, 15) is 4.79 Å². The van der Waals surface area contributed by atoms with Gasteiger partial charge in [0, 0.05) is 14.6 Å². The molecule has 0 aliphatic heterocycles. The van der Waals surface area contributed by atoms with Crippen LogP contribution in [0.2, 0.25) is 0 Å². The van der Waals surface area contributed by atoms with Gasteiger partial charge in [0.05, 0.1) is 0 Å². The lowest BCUT2D eigenvalue weighted by molar-refractivity contribution is -0.138. The van der Waals surface area contributed by atoms with Crippen molar-refractivity contribution in [3.05, 3.63) is 27.1 Å². The van der Waals surface area contributed by atoms with Crippen molar-refractivity contribution in [1.82, 2.24) is 0 Å². The third-order valence-corrected chi connectivity index (χ3v) is 4.05. The van der Waals surface area contributed by atoms with Crippen molar-refractivity contribution in [2.45, 2.75) is 19.9 Å². The molecule has 0 radical (unpaired) electrons. The molecule has 0 heterocycles. The Hall–Kier alpha value is -0.550. The average Bonchev–Trinajstić information content (AvgIpc) is 2.18. The van der Waals surface area contributed by atoms with Crippen LogP contribution in [0.25, 0.3) is 0 Å². The quantitative estimate of drug-likeness (QED) is 0.869. The Morgan fingerprint density at radius 1 is 1.31 bits per heavy atom. The molecule has 0 bridgehead atoms. The van der Waals surface area contributed by atoms with E-state index >= 15 is 0 Å². The number of carboxylic acid groups (broad SMARTS) is 1. The Balaban J connectivity index is 2.86. The fraction of sp³-hybridized carbons (Fsp3) is 0.364. The highest BCUT2D eigenvalue weighted by atomic mass is 79.9. The number of carboxylic acids is 1.